The van der Waals surface area contributed by atoms with Crippen molar-refractivity contribution >= 4 is 23.6 Å². The van der Waals surface area contributed by atoms with Crippen LogP contribution in [0.25, 0.3) is 6.08 Å². The minimum absolute atomic E-state index is 0.212. The topological polar surface area (TPSA) is 65.4 Å². The number of aromatic nitrogens is 2. The molecule has 1 N–H and O–H groups in total. The Hall–Kier alpha value is -2.47. The first-order valence-electron chi connectivity index (χ1n) is 9.02. The number of aryl methyl sites for hydroxylation is 1. The average Bonchev–Trinajstić information content (AvgIpc) is 2.90. The van der Waals surface area contributed by atoms with Crippen molar-refractivity contribution in [2.75, 3.05) is 13.2 Å². The van der Waals surface area contributed by atoms with Gasteiger partial charge in [-0.25, -0.2) is 0 Å². The Balaban J connectivity index is 1.64. The van der Waals surface area contributed by atoms with Gasteiger partial charge >= 0.3 is 0 Å². The summed E-state index contributed by atoms with van der Waals surface area (Å²) >= 11 is 6.40. The van der Waals surface area contributed by atoms with E-state index >= 15 is 0 Å². The number of halogens is 1. The van der Waals surface area contributed by atoms with Crippen LogP contribution in [0.4, 0.5) is 0 Å². The number of hydrogen-bond donors (Lipinski definition) is 1. The number of para-hydroxylation sites is 1. The normalized spacial score (nSPS) is 13.4. The number of amides is 1. The third kappa shape index (κ3) is 4.63. The maximum atomic E-state index is 12.2. The van der Waals surface area contributed by atoms with Gasteiger partial charge in [-0.2, -0.15) is 5.10 Å². The van der Waals surface area contributed by atoms with E-state index in [4.69, 9.17) is 21.1 Å². The highest BCUT2D eigenvalue weighted by molar-refractivity contribution is 6.31. The van der Waals surface area contributed by atoms with Crippen LogP contribution in [0, 0.1) is 12.8 Å². The number of hydrogen-bond acceptors (Lipinski definition) is 4. The van der Waals surface area contributed by atoms with E-state index in [1.54, 1.807) is 10.8 Å². The number of carbonyl (C=O) groups excluding carboxylic acids is 1. The van der Waals surface area contributed by atoms with Crippen LogP contribution in [0.2, 0.25) is 5.15 Å². The summed E-state index contributed by atoms with van der Waals surface area (Å²) in [5.41, 5.74) is 2.45. The van der Waals surface area contributed by atoms with Crippen molar-refractivity contribution < 1.29 is 14.3 Å². The fraction of sp³-hybridized carbons (Fsp3) is 0.400. The summed E-state index contributed by atoms with van der Waals surface area (Å²) in [6.07, 6.45) is 3.18. The van der Waals surface area contributed by atoms with E-state index in [1.165, 1.54) is 6.08 Å². The summed E-state index contributed by atoms with van der Waals surface area (Å²) in [6.45, 7) is 8.23. The lowest BCUT2D eigenvalue weighted by Crippen LogP contribution is -2.22. The molecule has 1 amide bonds. The Morgan fingerprint density at radius 3 is 2.93 bits per heavy atom. The van der Waals surface area contributed by atoms with Crippen LogP contribution in [-0.4, -0.2) is 28.9 Å². The summed E-state index contributed by atoms with van der Waals surface area (Å²) < 4.78 is 13.0. The zero-order chi connectivity index (χ0) is 19.4. The molecule has 7 heteroatoms. The quantitative estimate of drug-likeness (QED) is 0.766. The van der Waals surface area contributed by atoms with E-state index in [9.17, 15) is 4.79 Å². The average molecular weight is 390 g/mol. The predicted molar refractivity (Wildman–Crippen MR) is 105 cm³/mol. The number of rotatable bonds is 6. The van der Waals surface area contributed by atoms with Crippen molar-refractivity contribution in [3.05, 3.63) is 46.2 Å². The third-order valence-corrected chi connectivity index (χ3v) is 4.55. The molecule has 0 unspecified atom stereocenters. The van der Waals surface area contributed by atoms with Crippen molar-refractivity contribution in [2.45, 2.75) is 33.9 Å². The maximum Gasteiger partial charge on any atom is 0.244 e. The van der Waals surface area contributed by atoms with Gasteiger partial charge in [0.05, 0.1) is 5.69 Å². The van der Waals surface area contributed by atoms with E-state index in [2.05, 4.69) is 24.3 Å². The van der Waals surface area contributed by atoms with Crippen LogP contribution in [0.3, 0.4) is 0 Å². The predicted octanol–water partition coefficient (Wildman–Crippen LogP) is 3.60. The first-order chi connectivity index (χ1) is 13.0. The molecule has 0 radical (unpaired) electrons. The summed E-state index contributed by atoms with van der Waals surface area (Å²) in [4.78, 5) is 12.2. The molecule has 0 atom stereocenters. The molecule has 0 fully saturated rings. The second-order valence-corrected chi connectivity index (χ2v) is 7.22. The Kier molecular flexibility index (Phi) is 6.06. The molecule has 0 saturated heterocycles. The smallest absolute Gasteiger partial charge is 0.244 e. The molecule has 1 aromatic heterocycles. The van der Waals surface area contributed by atoms with Gasteiger partial charge in [-0.05, 0) is 25.0 Å². The highest BCUT2D eigenvalue weighted by Gasteiger charge is 2.16. The second-order valence-electron chi connectivity index (χ2n) is 6.86. The lowest BCUT2D eigenvalue weighted by Gasteiger charge is -2.20. The summed E-state index contributed by atoms with van der Waals surface area (Å²) in [7, 11) is 0. The lowest BCUT2D eigenvalue weighted by molar-refractivity contribution is -0.116. The van der Waals surface area contributed by atoms with Gasteiger partial charge in [-0.3, -0.25) is 9.48 Å². The zero-order valence-electron chi connectivity index (χ0n) is 15.8. The largest absolute Gasteiger partial charge is 0.486 e. The van der Waals surface area contributed by atoms with E-state index in [-0.39, 0.29) is 5.91 Å². The minimum Gasteiger partial charge on any atom is -0.486 e. The van der Waals surface area contributed by atoms with Crippen LogP contribution in [0.15, 0.2) is 24.3 Å². The summed E-state index contributed by atoms with van der Waals surface area (Å²) in [5, 5.41) is 7.86. The lowest BCUT2D eigenvalue weighted by atomic mass is 10.1. The maximum absolute atomic E-state index is 12.2. The first kappa shape index (κ1) is 19.3. The number of nitrogens with one attached hydrogen (secondary N) is 1. The number of benzene rings is 1. The molecule has 144 valence electrons. The summed E-state index contributed by atoms with van der Waals surface area (Å²) in [6, 6.07) is 5.66. The van der Waals surface area contributed by atoms with Crippen LogP contribution in [-0.2, 0) is 17.9 Å². The third-order valence-electron chi connectivity index (χ3n) is 4.15. The van der Waals surface area contributed by atoms with E-state index in [0.29, 0.717) is 42.3 Å². The van der Waals surface area contributed by atoms with Crippen molar-refractivity contribution in [1.29, 1.82) is 0 Å². The molecule has 1 aliphatic heterocycles. The van der Waals surface area contributed by atoms with Gasteiger partial charge in [0.15, 0.2) is 11.5 Å². The first-order valence-corrected chi connectivity index (χ1v) is 9.39. The van der Waals surface area contributed by atoms with Gasteiger partial charge < -0.3 is 14.8 Å². The highest BCUT2D eigenvalue weighted by atomic mass is 35.5. The van der Waals surface area contributed by atoms with Crippen LogP contribution in [0.5, 0.6) is 11.5 Å². The van der Waals surface area contributed by atoms with Gasteiger partial charge in [0, 0.05) is 30.3 Å². The van der Waals surface area contributed by atoms with Crippen molar-refractivity contribution in [2.24, 2.45) is 5.92 Å². The molecular weight excluding hydrogens is 366 g/mol. The molecule has 1 aromatic carbocycles. The van der Waals surface area contributed by atoms with Gasteiger partial charge in [-0.15, -0.1) is 0 Å². The van der Waals surface area contributed by atoms with Gasteiger partial charge in [0.1, 0.15) is 18.4 Å². The number of fused-ring (bicyclic) bond motifs is 1. The molecule has 3 rings (SSSR count). The molecule has 0 bridgehead atoms. The van der Waals surface area contributed by atoms with Gasteiger partial charge in [-0.1, -0.05) is 37.6 Å². The fourth-order valence-electron chi connectivity index (χ4n) is 2.90. The van der Waals surface area contributed by atoms with Gasteiger partial charge in [0.25, 0.3) is 0 Å². The molecule has 2 heterocycles. The Morgan fingerprint density at radius 1 is 1.37 bits per heavy atom. The number of ether oxygens (including phenoxy) is 2. The van der Waals surface area contributed by atoms with E-state index in [0.717, 1.165) is 23.4 Å². The monoisotopic (exact) mass is 389 g/mol. The molecule has 2 aromatic rings. The second kappa shape index (κ2) is 8.48. The van der Waals surface area contributed by atoms with Crippen LogP contribution >= 0.6 is 11.6 Å². The minimum atomic E-state index is -0.212. The molecule has 1 aliphatic rings. The molecule has 27 heavy (non-hydrogen) atoms. The Labute approximate surface area is 164 Å². The van der Waals surface area contributed by atoms with Crippen molar-refractivity contribution in [3.8, 4) is 11.5 Å². The zero-order valence-corrected chi connectivity index (χ0v) is 16.5. The number of carbonyl (C=O) groups is 1. The molecule has 6 nitrogen and oxygen atoms in total. The van der Waals surface area contributed by atoms with E-state index < -0.39 is 0 Å². The molecule has 0 saturated carbocycles. The fourth-order valence-corrected chi connectivity index (χ4v) is 3.20. The van der Waals surface area contributed by atoms with Crippen molar-refractivity contribution in [3.63, 3.8) is 0 Å². The number of nitrogens with zero attached hydrogens (tertiary/aromatic N) is 2. The molecule has 0 spiro atoms. The van der Waals surface area contributed by atoms with Crippen LogP contribution < -0.4 is 14.8 Å². The van der Waals surface area contributed by atoms with Crippen molar-refractivity contribution in [1.82, 2.24) is 15.1 Å². The SMILES string of the molecule is Cc1nn(CC(C)C)c(Cl)c1/C=C/C(=O)NCc1cccc2c1OCCO2. The Morgan fingerprint density at radius 2 is 2.15 bits per heavy atom. The standard InChI is InChI=1S/C20H24ClN3O3/c1-13(2)12-24-20(21)16(14(3)23-24)7-8-18(25)22-11-15-5-4-6-17-19(15)27-10-9-26-17/h4-8,13H,9-12H2,1-3H3,(H,22,25)/b8-7+. The highest BCUT2D eigenvalue weighted by Crippen LogP contribution is 2.33. The van der Waals surface area contributed by atoms with Crippen LogP contribution in [0.1, 0.15) is 30.7 Å². The van der Waals surface area contributed by atoms with Gasteiger partial charge in [0.2, 0.25) is 5.91 Å². The van der Waals surface area contributed by atoms with E-state index in [1.807, 2.05) is 25.1 Å². The molecular formula is C20H24ClN3O3. The molecule has 0 aliphatic carbocycles. The summed E-state index contributed by atoms with van der Waals surface area (Å²) in [5.74, 6) is 1.63. The Bertz CT molecular complexity index is 858.